The lowest BCUT2D eigenvalue weighted by atomic mass is 10.2. The zero-order chi connectivity index (χ0) is 16.1. The molecule has 2 aromatic rings. The van der Waals surface area contributed by atoms with Crippen LogP contribution < -0.4 is 15.4 Å². The van der Waals surface area contributed by atoms with E-state index in [9.17, 15) is 4.79 Å². The van der Waals surface area contributed by atoms with Gasteiger partial charge in [0.25, 0.3) is 5.91 Å². The highest BCUT2D eigenvalue weighted by Crippen LogP contribution is 2.25. The molecule has 22 heavy (non-hydrogen) atoms. The monoisotopic (exact) mass is 398 g/mol. The second-order valence-electron chi connectivity index (χ2n) is 4.27. The van der Waals surface area contributed by atoms with E-state index in [2.05, 4.69) is 26.6 Å². The number of benzene rings is 2. The summed E-state index contributed by atoms with van der Waals surface area (Å²) in [7, 11) is 1.56. The molecule has 0 bridgehead atoms. The molecule has 4 nitrogen and oxygen atoms in total. The average Bonchev–Trinajstić information content (AvgIpc) is 2.46. The highest BCUT2D eigenvalue weighted by Gasteiger charge is 2.10. The van der Waals surface area contributed by atoms with Crippen molar-refractivity contribution in [3.05, 3.63) is 57.5 Å². The average molecular weight is 400 g/mol. The molecule has 2 N–H and O–H groups in total. The Labute approximate surface area is 146 Å². The summed E-state index contributed by atoms with van der Waals surface area (Å²) in [4.78, 5) is 12.1. The number of hydrogen-bond donors (Lipinski definition) is 2. The summed E-state index contributed by atoms with van der Waals surface area (Å²) < 4.78 is 5.81. The van der Waals surface area contributed by atoms with Crippen LogP contribution in [0, 0.1) is 0 Å². The van der Waals surface area contributed by atoms with E-state index >= 15 is 0 Å². The molecule has 0 aliphatic heterocycles. The SMILES string of the molecule is COc1ccc(C(=O)NC(=S)Nc2cccc(Cl)c2)cc1Br. The first-order valence-electron chi connectivity index (χ1n) is 6.21. The normalized spacial score (nSPS) is 9.95. The van der Waals surface area contributed by atoms with Gasteiger partial charge in [0.05, 0.1) is 11.6 Å². The molecule has 7 heteroatoms. The number of ether oxygens (including phenoxy) is 1. The summed E-state index contributed by atoms with van der Waals surface area (Å²) in [5.74, 6) is 0.332. The maximum Gasteiger partial charge on any atom is 0.257 e. The van der Waals surface area contributed by atoms with Crippen LogP contribution in [0.5, 0.6) is 5.75 Å². The highest BCUT2D eigenvalue weighted by atomic mass is 79.9. The second-order valence-corrected chi connectivity index (χ2v) is 5.97. The molecule has 0 aliphatic rings. The van der Waals surface area contributed by atoms with Crippen LogP contribution in [-0.4, -0.2) is 18.1 Å². The zero-order valence-corrected chi connectivity index (χ0v) is 14.7. The Kier molecular flexibility index (Phi) is 5.76. The van der Waals surface area contributed by atoms with Crippen molar-refractivity contribution in [2.75, 3.05) is 12.4 Å². The van der Waals surface area contributed by atoms with Gasteiger partial charge in [-0.25, -0.2) is 0 Å². The molecule has 0 unspecified atom stereocenters. The van der Waals surface area contributed by atoms with Crippen LogP contribution in [-0.2, 0) is 0 Å². The van der Waals surface area contributed by atoms with Gasteiger partial charge in [-0.1, -0.05) is 17.7 Å². The molecule has 0 atom stereocenters. The largest absolute Gasteiger partial charge is 0.496 e. The fourth-order valence-electron chi connectivity index (χ4n) is 1.71. The predicted octanol–water partition coefficient (Wildman–Crippen LogP) is 4.24. The number of thiocarbonyl (C=S) groups is 1. The quantitative estimate of drug-likeness (QED) is 0.758. The Bertz CT molecular complexity index is 724. The molecule has 0 fully saturated rings. The van der Waals surface area contributed by atoms with Gasteiger partial charge in [-0.2, -0.15) is 0 Å². The van der Waals surface area contributed by atoms with Crippen molar-refractivity contribution in [2.45, 2.75) is 0 Å². The third-order valence-corrected chi connectivity index (χ3v) is 3.78. The van der Waals surface area contributed by atoms with Gasteiger partial charge in [-0.15, -0.1) is 0 Å². The topological polar surface area (TPSA) is 50.4 Å². The summed E-state index contributed by atoms with van der Waals surface area (Å²) in [5.41, 5.74) is 1.16. The van der Waals surface area contributed by atoms with Gasteiger partial charge in [0.2, 0.25) is 0 Å². The van der Waals surface area contributed by atoms with E-state index in [0.717, 1.165) is 0 Å². The van der Waals surface area contributed by atoms with E-state index in [4.69, 9.17) is 28.6 Å². The Morgan fingerprint density at radius 1 is 1.27 bits per heavy atom. The highest BCUT2D eigenvalue weighted by molar-refractivity contribution is 9.10. The molecule has 114 valence electrons. The first kappa shape index (κ1) is 16.7. The van der Waals surface area contributed by atoms with E-state index in [0.29, 0.717) is 26.5 Å². The smallest absolute Gasteiger partial charge is 0.257 e. The van der Waals surface area contributed by atoms with E-state index < -0.39 is 0 Å². The fraction of sp³-hybridized carbons (Fsp3) is 0.0667. The Hall–Kier alpha value is -1.63. The van der Waals surface area contributed by atoms with Crippen molar-refractivity contribution in [3.8, 4) is 5.75 Å². The number of carbonyl (C=O) groups excluding carboxylic acids is 1. The summed E-state index contributed by atoms with van der Waals surface area (Å²) in [6, 6.07) is 12.1. The number of anilines is 1. The minimum Gasteiger partial charge on any atom is -0.496 e. The van der Waals surface area contributed by atoms with Crippen molar-refractivity contribution in [2.24, 2.45) is 0 Å². The number of nitrogens with one attached hydrogen (secondary N) is 2. The van der Waals surface area contributed by atoms with Gasteiger partial charge < -0.3 is 10.1 Å². The summed E-state index contributed by atoms with van der Waals surface area (Å²) >= 11 is 14.3. The van der Waals surface area contributed by atoms with Gasteiger partial charge in [0.1, 0.15) is 5.75 Å². The molecule has 0 heterocycles. The Morgan fingerprint density at radius 2 is 2.05 bits per heavy atom. The van der Waals surface area contributed by atoms with Gasteiger partial charge in [-0.3, -0.25) is 10.1 Å². The maximum absolute atomic E-state index is 12.1. The number of amides is 1. The third kappa shape index (κ3) is 4.43. The summed E-state index contributed by atoms with van der Waals surface area (Å²) in [5, 5.41) is 6.28. The van der Waals surface area contributed by atoms with Crippen molar-refractivity contribution in [1.29, 1.82) is 0 Å². The number of rotatable bonds is 3. The predicted molar refractivity (Wildman–Crippen MR) is 95.8 cm³/mol. The van der Waals surface area contributed by atoms with Crippen molar-refractivity contribution in [3.63, 3.8) is 0 Å². The lowest BCUT2D eigenvalue weighted by Crippen LogP contribution is -2.34. The number of hydrogen-bond acceptors (Lipinski definition) is 3. The minimum absolute atomic E-state index is 0.194. The lowest BCUT2D eigenvalue weighted by molar-refractivity contribution is 0.0977. The Balaban J connectivity index is 2.02. The van der Waals surface area contributed by atoms with Crippen LogP contribution in [0.1, 0.15) is 10.4 Å². The van der Waals surface area contributed by atoms with E-state index in [1.807, 2.05) is 0 Å². The molecular weight excluding hydrogens is 388 g/mol. The standard InChI is InChI=1S/C15H12BrClN2O2S/c1-21-13-6-5-9(7-12(13)16)14(20)19-15(22)18-11-4-2-3-10(17)8-11/h2-8H,1H3,(H2,18,19,20,22). The van der Waals surface area contributed by atoms with Crippen molar-refractivity contribution in [1.82, 2.24) is 5.32 Å². The van der Waals surface area contributed by atoms with Crippen LogP contribution >= 0.6 is 39.7 Å². The molecular formula is C15H12BrClN2O2S. The molecule has 2 rings (SSSR count). The summed E-state index contributed by atoms with van der Waals surface area (Å²) in [6.45, 7) is 0. The van der Waals surface area contributed by atoms with Crippen LogP contribution in [0.3, 0.4) is 0 Å². The first-order chi connectivity index (χ1) is 10.5. The van der Waals surface area contributed by atoms with Crippen LogP contribution in [0.15, 0.2) is 46.9 Å². The van der Waals surface area contributed by atoms with Crippen molar-refractivity contribution < 1.29 is 9.53 Å². The number of methoxy groups -OCH3 is 1. The van der Waals surface area contributed by atoms with Crippen LogP contribution in [0.2, 0.25) is 5.02 Å². The number of halogens is 2. The summed E-state index contributed by atoms with van der Waals surface area (Å²) in [6.07, 6.45) is 0. The van der Waals surface area contributed by atoms with E-state index in [1.54, 1.807) is 49.6 Å². The molecule has 0 spiro atoms. The lowest BCUT2D eigenvalue weighted by Gasteiger charge is -2.10. The zero-order valence-electron chi connectivity index (χ0n) is 11.5. The van der Waals surface area contributed by atoms with E-state index in [-0.39, 0.29) is 11.0 Å². The molecule has 0 aliphatic carbocycles. The maximum atomic E-state index is 12.1. The van der Waals surface area contributed by atoms with Crippen LogP contribution in [0.25, 0.3) is 0 Å². The van der Waals surface area contributed by atoms with Gasteiger partial charge in [0, 0.05) is 16.3 Å². The van der Waals surface area contributed by atoms with E-state index in [1.165, 1.54) is 0 Å². The molecule has 0 aromatic heterocycles. The molecule has 1 amide bonds. The minimum atomic E-state index is -0.317. The first-order valence-corrected chi connectivity index (χ1v) is 7.79. The Morgan fingerprint density at radius 3 is 2.68 bits per heavy atom. The molecule has 2 aromatic carbocycles. The van der Waals surface area contributed by atoms with Crippen molar-refractivity contribution >= 4 is 56.5 Å². The molecule has 0 saturated heterocycles. The van der Waals surface area contributed by atoms with Crippen LogP contribution in [0.4, 0.5) is 5.69 Å². The third-order valence-electron chi connectivity index (χ3n) is 2.72. The number of carbonyl (C=O) groups is 1. The van der Waals surface area contributed by atoms with Gasteiger partial charge >= 0.3 is 0 Å². The van der Waals surface area contributed by atoms with Gasteiger partial charge in [0.15, 0.2) is 5.11 Å². The fourth-order valence-corrected chi connectivity index (χ4v) is 2.65. The van der Waals surface area contributed by atoms with Gasteiger partial charge in [-0.05, 0) is 64.5 Å². The second kappa shape index (κ2) is 7.58. The molecule has 0 saturated carbocycles. The molecule has 0 radical (unpaired) electrons.